The molecule has 1 aliphatic heterocycles. The molecule has 1 aromatic carbocycles. The molecule has 4 heteroatoms. The van der Waals surface area contributed by atoms with Crippen LogP contribution in [0.15, 0.2) is 24.3 Å². The number of carbonyl (C=O) groups excluding carboxylic acids is 1. The lowest BCUT2D eigenvalue weighted by Gasteiger charge is -2.28. The zero-order valence-electron chi connectivity index (χ0n) is 10.7. The summed E-state index contributed by atoms with van der Waals surface area (Å²) in [5, 5.41) is 3.21. The van der Waals surface area contributed by atoms with Gasteiger partial charge in [-0.1, -0.05) is 25.1 Å². The number of halogens is 1. The highest BCUT2D eigenvalue weighted by Crippen LogP contribution is 2.22. The first-order valence-corrected chi connectivity index (χ1v) is 6.41. The third-order valence-electron chi connectivity index (χ3n) is 3.39. The molecule has 1 saturated heterocycles. The summed E-state index contributed by atoms with van der Waals surface area (Å²) in [4.78, 5) is 13.9. The fourth-order valence-electron chi connectivity index (χ4n) is 2.29. The first-order chi connectivity index (χ1) is 8.68. The van der Waals surface area contributed by atoms with E-state index in [0.717, 1.165) is 26.2 Å². The summed E-state index contributed by atoms with van der Waals surface area (Å²) in [6.45, 7) is 5.10. The normalized spacial score (nSPS) is 17.6. The van der Waals surface area contributed by atoms with Crippen molar-refractivity contribution in [2.75, 3.05) is 26.2 Å². The monoisotopic (exact) mass is 250 g/mol. The first kappa shape index (κ1) is 13.0. The summed E-state index contributed by atoms with van der Waals surface area (Å²) >= 11 is 0. The highest BCUT2D eigenvalue weighted by atomic mass is 19.1. The van der Waals surface area contributed by atoms with Gasteiger partial charge < -0.3 is 10.2 Å². The van der Waals surface area contributed by atoms with Crippen molar-refractivity contribution in [3.8, 4) is 0 Å². The van der Waals surface area contributed by atoms with Crippen molar-refractivity contribution in [2.45, 2.75) is 19.3 Å². The van der Waals surface area contributed by atoms with E-state index < -0.39 is 0 Å². The Kier molecular flexibility index (Phi) is 4.31. The fourth-order valence-corrected chi connectivity index (χ4v) is 2.29. The zero-order chi connectivity index (χ0) is 13.0. The average Bonchev–Trinajstić information content (AvgIpc) is 2.40. The van der Waals surface area contributed by atoms with Gasteiger partial charge in [-0.2, -0.15) is 0 Å². The third-order valence-corrected chi connectivity index (χ3v) is 3.39. The number of nitrogens with one attached hydrogen (secondary N) is 1. The summed E-state index contributed by atoms with van der Waals surface area (Å²) in [7, 11) is 0. The van der Waals surface area contributed by atoms with E-state index >= 15 is 0 Å². The van der Waals surface area contributed by atoms with E-state index in [1.54, 1.807) is 12.1 Å². The van der Waals surface area contributed by atoms with Gasteiger partial charge in [0.15, 0.2) is 0 Å². The minimum Gasteiger partial charge on any atom is -0.340 e. The maximum atomic E-state index is 13.6. The van der Waals surface area contributed by atoms with Gasteiger partial charge in [0.05, 0.1) is 0 Å². The van der Waals surface area contributed by atoms with Gasteiger partial charge in [-0.25, -0.2) is 4.39 Å². The van der Waals surface area contributed by atoms with E-state index in [-0.39, 0.29) is 17.6 Å². The molecule has 2 rings (SSSR count). The fraction of sp³-hybridized carbons (Fsp3) is 0.500. The number of rotatable bonds is 3. The van der Waals surface area contributed by atoms with Crippen LogP contribution in [0.1, 0.15) is 24.8 Å². The van der Waals surface area contributed by atoms with Crippen molar-refractivity contribution in [1.29, 1.82) is 0 Å². The summed E-state index contributed by atoms with van der Waals surface area (Å²) in [6, 6.07) is 6.68. The molecular weight excluding hydrogens is 231 g/mol. The molecule has 1 N–H and O–H groups in total. The maximum Gasteiger partial charge on any atom is 0.223 e. The Balaban J connectivity index is 1.96. The molecule has 1 unspecified atom stereocenters. The van der Waals surface area contributed by atoms with Crippen LogP contribution in [0.2, 0.25) is 0 Å². The number of hydrogen-bond acceptors (Lipinski definition) is 2. The molecule has 1 amide bonds. The van der Waals surface area contributed by atoms with Crippen LogP contribution in [0, 0.1) is 5.82 Å². The highest BCUT2D eigenvalue weighted by molar-refractivity contribution is 5.77. The van der Waals surface area contributed by atoms with Crippen LogP contribution in [0.5, 0.6) is 0 Å². The van der Waals surface area contributed by atoms with Crippen molar-refractivity contribution in [3.63, 3.8) is 0 Å². The molecule has 98 valence electrons. The third kappa shape index (κ3) is 3.07. The van der Waals surface area contributed by atoms with Gasteiger partial charge >= 0.3 is 0 Å². The topological polar surface area (TPSA) is 32.3 Å². The average molecular weight is 250 g/mol. The molecule has 3 nitrogen and oxygen atoms in total. The van der Waals surface area contributed by atoms with Crippen LogP contribution in [0.25, 0.3) is 0 Å². The van der Waals surface area contributed by atoms with E-state index in [1.807, 2.05) is 17.9 Å². The Bertz CT molecular complexity index is 416. The predicted octanol–water partition coefficient (Wildman–Crippen LogP) is 1.75. The molecule has 1 aromatic rings. The second-order valence-electron chi connectivity index (χ2n) is 4.76. The maximum absolute atomic E-state index is 13.6. The molecule has 0 aromatic heterocycles. The van der Waals surface area contributed by atoms with Gasteiger partial charge in [0.2, 0.25) is 5.91 Å². The largest absolute Gasteiger partial charge is 0.340 e. The zero-order valence-corrected chi connectivity index (χ0v) is 10.7. The molecule has 0 aliphatic carbocycles. The second kappa shape index (κ2) is 5.96. The highest BCUT2D eigenvalue weighted by Gasteiger charge is 2.20. The minimum atomic E-state index is -0.224. The number of hydrogen-bond donors (Lipinski definition) is 1. The number of benzene rings is 1. The smallest absolute Gasteiger partial charge is 0.223 e. The summed E-state index contributed by atoms with van der Waals surface area (Å²) in [6.07, 6.45) is 0.376. The molecule has 1 atom stereocenters. The number of amides is 1. The molecule has 1 aliphatic rings. The summed E-state index contributed by atoms with van der Waals surface area (Å²) < 4.78 is 13.6. The number of piperazine rings is 1. The number of nitrogens with zero attached hydrogens (tertiary/aromatic N) is 1. The quantitative estimate of drug-likeness (QED) is 0.886. The standard InChI is InChI=1S/C14H19FN2O/c1-11(12-4-2-3-5-13(12)15)10-14(18)17-8-6-16-7-9-17/h2-5,11,16H,6-10H2,1H3. The van der Waals surface area contributed by atoms with E-state index in [9.17, 15) is 9.18 Å². The molecule has 0 saturated carbocycles. The lowest BCUT2D eigenvalue weighted by Crippen LogP contribution is -2.46. The van der Waals surface area contributed by atoms with Crippen molar-refractivity contribution >= 4 is 5.91 Å². The summed E-state index contributed by atoms with van der Waals surface area (Å²) in [5.74, 6) is -0.182. The van der Waals surface area contributed by atoms with Crippen LogP contribution in [-0.4, -0.2) is 37.0 Å². The Morgan fingerprint density at radius 2 is 2.06 bits per heavy atom. The van der Waals surface area contributed by atoms with Gasteiger partial charge in [0.25, 0.3) is 0 Å². The molecule has 0 spiro atoms. The van der Waals surface area contributed by atoms with Crippen molar-refractivity contribution in [3.05, 3.63) is 35.6 Å². The van der Waals surface area contributed by atoms with Gasteiger partial charge in [-0.15, -0.1) is 0 Å². The van der Waals surface area contributed by atoms with Crippen molar-refractivity contribution in [1.82, 2.24) is 10.2 Å². The van der Waals surface area contributed by atoms with Crippen LogP contribution in [0.3, 0.4) is 0 Å². The molecule has 1 fully saturated rings. The minimum absolute atomic E-state index is 0.0754. The Labute approximate surface area is 107 Å². The van der Waals surface area contributed by atoms with Gasteiger partial charge in [-0.3, -0.25) is 4.79 Å². The van der Waals surface area contributed by atoms with Gasteiger partial charge in [0.1, 0.15) is 5.82 Å². The van der Waals surface area contributed by atoms with Crippen LogP contribution in [-0.2, 0) is 4.79 Å². The van der Waals surface area contributed by atoms with Gasteiger partial charge in [0, 0.05) is 32.6 Å². The van der Waals surface area contributed by atoms with E-state index in [4.69, 9.17) is 0 Å². The summed E-state index contributed by atoms with van der Waals surface area (Å²) in [5.41, 5.74) is 0.626. The van der Waals surface area contributed by atoms with Crippen molar-refractivity contribution < 1.29 is 9.18 Å². The lowest BCUT2D eigenvalue weighted by atomic mass is 9.96. The van der Waals surface area contributed by atoms with Crippen LogP contribution < -0.4 is 5.32 Å². The molecule has 0 bridgehead atoms. The van der Waals surface area contributed by atoms with Crippen LogP contribution >= 0.6 is 0 Å². The Morgan fingerprint density at radius 3 is 2.72 bits per heavy atom. The molecule has 1 heterocycles. The predicted molar refractivity (Wildman–Crippen MR) is 68.9 cm³/mol. The number of carbonyl (C=O) groups is 1. The molecule has 18 heavy (non-hydrogen) atoms. The van der Waals surface area contributed by atoms with E-state index in [0.29, 0.717) is 12.0 Å². The van der Waals surface area contributed by atoms with E-state index in [2.05, 4.69) is 5.32 Å². The molecular formula is C14H19FN2O. The second-order valence-corrected chi connectivity index (χ2v) is 4.76. The SMILES string of the molecule is CC(CC(=O)N1CCNCC1)c1ccccc1F. The Hall–Kier alpha value is -1.42. The molecule has 0 radical (unpaired) electrons. The van der Waals surface area contributed by atoms with Crippen molar-refractivity contribution in [2.24, 2.45) is 0 Å². The van der Waals surface area contributed by atoms with Gasteiger partial charge in [-0.05, 0) is 17.5 Å². The lowest BCUT2D eigenvalue weighted by molar-refractivity contribution is -0.132. The first-order valence-electron chi connectivity index (χ1n) is 6.41. The Morgan fingerprint density at radius 1 is 1.39 bits per heavy atom. The van der Waals surface area contributed by atoms with E-state index in [1.165, 1.54) is 6.07 Å². The van der Waals surface area contributed by atoms with Crippen LogP contribution in [0.4, 0.5) is 4.39 Å².